The number of hydrogen-bond acceptors (Lipinski definition) is 5. The van der Waals surface area contributed by atoms with Crippen LogP contribution in [-0.2, 0) is 23.7 Å². The Kier molecular flexibility index (Phi) is 8.83. The molecule has 0 bridgehead atoms. The summed E-state index contributed by atoms with van der Waals surface area (Å²) in [4.78, 5) is 0. The van der Waals surface area contributed by atoms with E-state index in [1.807, 2.05) is 0 Å². The van der Waals surface area contributed by atoms with E-state index in [-0.39, 0.29) is 30.7 Å². The van der Waals surface area contributed by atoms with Crippen molar-refractivity contribution in [2.45, 2.75) is 90.0 Å². The molecule has 5 atom stereocenters. The quantitative estimate of drug-likeness (QED) is 0.383. The van der Waals surface area contributed by atoms with Crippen molar-refractivity contribution >= 4 is 0 Å². The van der Waals surface area contributed by atoms with E-state index in [1.54, 1.807) is 0 Å². The molecule has 2 aliphatic rings. The Balaban J connectivity index is 1.87. The van der Waals surface area contributed by atoms with Crippen LogP contribution in [0, 0.1) is 0 Å². The average Bonchev–Trinajstić information content (AvgIpc) is 3.32. The Bertz CT molecular complexity index is 312. The van der Waals surface area contributed by atoms with Crippen molar-refractivity contribution in [3.05, 3.63) is 0 Å². The molecule has 2 fully saturated rings. The van der Waals surface area contributed by atoms with Gasteiger partial charge in [0.15, 0.2) is 6.29 Å². The van der Waals surface area contributed by atoms with Crippen LogP contribution in [0.15, 0.2) is 0 Å². The zero-order valence-electron chi connectivity index (χ0n) is 15.0. The standard InChI is InChI=1S/C18H34O5/c1-4-7-10-19-13-14-15(20-11-8-5-2)16(21-12-9-6-3)17-18(22-14)23-17/h14-18H,4-13H2,1-3H3/t14-,15-,16+,17+,18+/m1/s1. The number of ether oxygens (including phenoxy) is 5. The molecular weight excluding hydrogens is 296 g/mol. The van der Waals surface area contributed by atoms with Crippen LogP contribution in [0.5, 0.6) is 0 Å². The van der Waals surface area contributed by atoms with Gasteiger partial charge in [0.25, 0.3) is 0 Å². The molecule has 2 saturated heterocycles. The van der Waals surface area contributed by atoms with E-state index in [0.29, 0.717) is 6.61 Å². The van der Waals surface area contributed by atoms with Crippen molar-refractivity contribution < 1.29 is 23.7 Å². The van der Waals surface area contributed by atoms with Crippen LogP contribution < -0.4 is 0 Å². The second-order valence-corrected chi connectivity index (χ2v) is 6.45. The van der Waals surface area contributed by atoms with Gasteiger partial charge in [-0.2, -0.15) is 0 Å². The van der Waals surface area contributed by atoms with Crippen molar-refractivity contribution in [3.63, 3.8) is 0 Å². The molecule has 0 unspecified atom stereocenters. The second-order valence-electron chi connectivity index (χ2n) is 6.45. The highest BCUT2D eigenvalue weighted by Crippen LogP contribution is 2.39. The summed E-state index contributed by atoms with van der Waals surface area (Å²) in [5.74, 6) is 0. The van der Waals surface area contributed by atoms with Crippen LogP contribution in [0.3, 0.4) is 0 Å². The lowest BCUT2D eigenvalue weighted by molar-refractivity contribution is -0.185. The van der Waals surface area contributed by atoms with Gasteiger partial charge in [0.1, 0.15) is 24.4 Å². The lowest BCUT2D eigenvalue weighted by Crippen LogP contribution is -2.52. The van der Waals surface area contributed by atoms with Gasteiger partial charge >= 0.3 is 0 Å². The van der Waals surface area contributed by atoms with Crippen molar-refractivity contribution in [3.8, 4) is 0 Å². The number of fused-ring (bicyclic) bond motifs is 1. The van der Waals surface area contributed by atoms with Gasteiger partial charge in [-0.3, -0.25) is 0 Å². The Morgan fingerprint density at radius 1 is 0.739 bits per heavy atom. The molecular formula is C18H34O5. The van der Waals surface area contributed by atoms with Crippen molar-refractivity contribution in [2.75, 3.05) is 26.4 Å². The fourth-order valence-electron chi connectivity index (χ4n) is 2.80. The predicted molar refractivity (Wildman–Crippen MR) is 88.6 cm³/mol. The molecule has 0 aromatic heterocycles. The summed E-state index contributed by atoms with van der Waals surface area (Å²) in [6.07, 6.45) is 6.26. The molecule has 0 amide bonds. The van der Waals surface area contributed by atoms with E-state index >= 15 is 0 Å². The molecule has 2 heterocycles. The molecule has 2 aliphatic heterocycles. The van der Waals surface area contributed by atoms with Gasteiger partial charge in [-0.15, -0.1) is 0 Å². The Morgan fingerprint density at radius 2 is 1.35 bits per heavy atom. The molecule has 0 radical (unpaired) electrons. The third-order valence-corrected chi connectivity index (χ3v) is 4.35. The van der Waals surface area contributed by atoms with Gasteiger partial charge in [0, 0.05) is 19.8 Å². The molecule has 5 nitrogen and oxygen atoms in total. The van der Waals surface area contributed by atoms with Crippen LogP contribution in [0.4, 0.5) is 0 Å². The lowest BCUT2D eigenvalue weighted by Gasteiger charge is -2.35. The Labute approximate surface area is 140 Å². The first-order chi connectivity index (χ1) is 11.3. The smallest absolute Gasteiger partial charge is 0.187 e. The minimum atomic E-state index is -0.132. The maximum atomic E-state index is 6.12. The molecule has 0 spiro atoms. The average molecular weight is 330 g/mol. The van der Waals surface area contributed by atoms with Crippen LogP contribution in [0.2, 0.25) is 0 Å². The van der Waals surface area contributed by atoms with E-state index in [1.165, 1.54) is 0 Å². The first-order valence-corrected chi connectivity index (χ1v) is 9.43. The summed E-state index contributed by atoms with van der Waals surface area (Å²) in [5, 5.41) is 0. The van der Waals surface area contributed by atoms with E-state index in [0.717, 1.165) is 58.3 Å². The lowest BCUT2D eigenvalue weighted by atomic mass is 10.0. The van der Waals surface area contributed by atoms with Crippen LogP contribution in [0.25, 0.3) is 0 Å². The molecule has 0 aliphatic carbocycles. The monoisotopic (exact) mass is 330 g/mol. The van der Waals surface area contributed by atoms with Gasteiger partial charge in [-0.05, 0) is 19.3 Å². The van der Waals surface area contributed by atoms with Crippen LogP contribution in [0.1, 0.15) is 59.3 Å². The molecule has 0 N–H and O–H groups in total. The molecule has 2 rings (SSSR count). The minimum Gasteiger partial charge on any atom is -0.379 e. The number of hydrogen-bond donors (Lipinski definition) is 0. The van der Waals surface area contributed by atoms with E-state index in [2.05, 4.69) is 20.8 Å². The van der Waals surface area contributed by atoms with E-state index in [4.69, 9.17) is 23.7 Å². The maximum absolute atomic E-state index is 6.12. The highest BCUT2D eigenvalue weighted by Gasteiger charge is 2.58. The summed E-state index contributed by atoms with van der Waals surface area (Å²) in [6.45, 7) is 9.32. The Hall–Kier alpha value is -0.200. The molecule has 0 aromatic carbocycles. The molecule has 23 heavy (non-hydrogen) atoms. The van der Waals surface area contributed by atoms with Gasteiger partial charge < -0.3 is 23.7 Å². The summed E-state index contributed by atoms with van der Waals surface area (Å²) in [5.41, 5.74) is 0. The molecule has 136 valence electrons. The molecule has 5 heteroatoms. The van der Waals surface area contributed by atoms with Gasteiger partial charge in [-0.25, -0.2) is 0 Å². The zero-order chi connectivity index (χ0) is 16.5. The van der Waals surface area contributed by atoms with E-state index < -0.39 is 0 Å². The molecule has 0 aromatic rings. The van der Waals surface area contributed by atoms with Gasteiger partial charge in [0.2, 0.25) is 0 Å². The van der Waals surface area contributed by atoms with Crippen LogP contribution in [-0.4, -0.2) is 57.1 Å². The second kappa shape index (κ2) is 10.6. The van der Waals surface area contributed by atoms with Gasteiger partial charge in [0.05, 0.1) is 6.61 Å². The Morgan fingerprint density at radius 3 is 2.00 bits per heavy atom. The highest BCUT2D eigenvalue weighted by molar-refractivity contribution is 4.99. The summed E-state index contributed by atoms with van der Waals surface area (Å²) in [7, 11) is 0. The zero-order valence-corrected chi connectivity index (χ0v) is 15.0. The normalized spacial score (nSPS) is 32.7. The fraction of sp³-hybridized carbons (Fsp3) is 1.00. The molecule has 0 saturated carbocycles. The van der Waals surface area contributed by atoms with Crippen molar-refractivity contribution in [1.82, 2.24) is 0 Å². The number of epoxide rings is 1. The van der Waals surface area contributed by atoms with Crippen LogP contribution >= 0.6 is 0 Å². The summed E-state index contributed by atoms with van der Waals surface area (Å²) < 4.78 is 29.6. The van der Waals surface area contributed by atoms with Crippen molar-refractivity contribution in [2.24, 2.45) is 0 Å². The SMILES string of the molecule is CCCCOC[C@H]1O[C@H]2O[C@H]2[C@@H](OCCCC)[C@@H]1OCCCC. The summed E-state index contributed by atoms with van der Waals surface area (Å²) in [6, 6.07) is 0. The van der Waals surface area contributed by atoms with Crippen molar-refractivity contribution in [1.29, 1.82) is 0 Å². The summed E-state index contributed by atoms with van der Waals surface area (Å²) >= 11 is 0. The van der Waals surface area contributed by atoms with Gasteiger partial charge in [-0.1, -0.05) is 40.0 Å². The number of unbranched alkanes of at least 4 members (excludes halogenated alkanes) is 3. The topological polar surface area (TPSA) is 49.5 Å². The largest absolute Gasteiger partial charge is 0.379 e. The highest BCUT2D eigenvalue weighted by atomic mass is 16.8. The number of rotatable bonds is 13. The first kappa shape index (κ1) is 19.1. The first-order valence-electron chi connectivity index (χ1n) is 9.43. The maximum Gasteiger partial charge on any atom is 0.187 e. The van der Waals surface area contributed by atoms with E-state index in [9.17, 15) is 0 Å². The third kappa shape index (κ3) is 5.98. The fourth-order valence-corrected chi connectivity index (χ4v) is 2.80. The minimum absolute atomic E-state index is 0.0306. The third-order valence-electron chi connectivity index (χ3n) is 4.35. The predicted octanol–water partition coefficient (Wildman–Crippen LogP) is 3.30.